The van der Waals surface area contributed by atoms with Crippen molar-refractivity contribution < 1.29 is 0 Å². The summed E-state index contributed by atoms with van der Waals surface area (Å²) in [4.78, 5) is 13.8. The predicted octanol–water partition coefficient (Wildman–Crippen LogP) is 3.57. The number of benzene rings is 1. The Hall–Kier alpha value is -3.87. The Morgan fingerprint density at radius 2 is 1.59 bits per heavy atom. The molecule has 5 aromatic rings. The molecular formula is C22H19N7. The molecule has 0 aliphatic carbocycles. The van der Waals surface area contributed by atoms with Crippen LogP contribution in [0.2, 0.25) is 0 Å². The first-order valence-electron chi connectivity index (χ1n) is 9.37. The van der Waals surface area contributed by atoms with Crippen molar-refractivity contribution in [2.75, 3.05) is 0 Å². The van der Waals surface area contributed by atoms with E-state index in [1.165, 1.54) is 0 Å². The largest absolute Gasteiger partial charge is 0.316 e. The molecule has 29 heavy (non-hydrogen) atoms. The molecule has 4 heterocycles. The van der Waals surface area contributed by atoms with E-state index in [-0.39, 0.29) is 6.04 Å². The molecule has 0 saturated carbocycles. The molecule has 0 aliphatic heterocycles. The molecule has 0 unspecified atom stereocenters. The smallest absolute Gasteiger partial charge is 0.119 e. The van der Waals surface area contributed by atoms with Crippen molar-refractivity contribution in [3.05, 3.63) is 90.4 Å². The Bertz CT molecular complexity index is 1210. The third-order valence-corrected chi connectivity index (χ3v) is 5.06. The first kappa shape index (κ1) is 17.2. The molecule has 1 aromatic carbocycles. The molecular weight excluding hydrogens is 362 g/mol. The first-order valence-corrected chi connectivity index (χ1v) is 9.37. The zero-order valence-electron chi connectivity index (χ0n) is 16.1. The zero-order valence-corrected chi connectivity index (χ0v) is 16.1. The van der Waals surface area contributed by atoms with Gasteiger partial charge in [-0.05, 0) is 43.3 Å². The van der Waals surface area contributed by atoms with E-state index < -0.39 is 0 Å². The molecule has 0 aliphatic rings. The SMILES string of the molecule is Cc1nnn(C)c1-c1ccc2ncn(C(c3ccccn3)c3ccccn3)c2c1. The highest BCUT2D eigenvalue weighted by molar-refractivity contribution is 5.82. The van der Waals surface area contributed by atoms with Gasteiger partial charge in [0.15, 0.2) is 0 Å². The maximum Gasteiger partial charge on any atom is 0.119 e. The summed E-state index contributed by atoms with van der Waals surface area (Å²) in [7, 11) is 1.90. The van der Waals surface area contributed by atoms with Crippen LogP contribution in [0.4, 0.5) is 0 Å². The van der Waals surface area contributed by atoms with Gasteiger partial charge in [0, 0.05) is 25.0 Å². The number of pyridine rings is 2. The number of imidazole rings is 1. The van der Waals surface area contributed by atoms with Crippen molar-refractivity contribution in [1.82, 2.24) is 34.5 Å². The Morgan fingerprint density at radius 1 is 0.862 bits per heavy atom. The summed E-state index contributed by atoms with van der Waals surface area (Å²) in [5.74, 6) is 0. The van der Waals surface area contributed by atoms with Gasteiger partial charge in [0.25, 0.3) is 0 Å². The van der Waals surface area contributed by atoms with Gasteiger partial charge in [-0.15, -0.1) is 5.10 Å². The van der Waals surface area contributed by atoms with Crippen LogP contribution in [0.3, 0.4) is 0 Å². The van der Waals surface area contributed by atoms with E-state index in [9.17, 15) is 0 Å². The van der Waals surface area contributed by atoms with Crippen LogP contribution < -0.4 is 0 Å². The van der Waals surface area contributed by atoms with Crippen molar-refractivity contribution in [3.63, 3.8) is 0 Å². The fourth-order valence-corrected chi connectivity index (χ4v) is 3.75. The predicted molar refractivity (Wildman–Crippen MR) is 110 cm³/mol. The maximum absolute atomic E-state index is 4.63. The van der Waals surface area contributed by atoms with Gasteiger partial charge in [-0.25, -0.2) is 9.67 Å². The summed E-state index contributed by atoms with van der Waals surface area (Å²) in [5.41, 5.74) is 6.67. The van der Waals surface area contributed by atoms with Crippen molar-refractivity contribution in [1.29, 1.82) is 0 Å². The van der Waals surface area contributed by atoms with Crippen LogP contribution in [0, 0.1) is 6.92 Å². The molecule has 0 bridgehead atoms. The quantitative estimate of drug-likeness (QED) is 0.476. The summed E-state index contributed by atoms with van der Waals surface area (Å²) in [6.07, 6.45) is 5.47. The number of aromatic nitrogens is 7. The van der Waals surface area contributed by atoms with E-state index in [2.05, 4.69) is 42.0 Å². The van der Waals surface area contributed by atoms with Crippen LogP contribution in [-0.2, 0) is 7.05 Å². The minimum atomic E-state index is -0.177. The average Bonchev–Trinajstić information content (AvgIpc) is 3.32. The van der Waals surface area contributed by atoms with E-state index in [1.807, 2.05) is 62.8 Å². The highest BCUT2D eigenvalue weighted by atomic mass is 15.4. The second-order valence-corrected chi connectivity index (χ2v) is 6.91. The highest BCUT2D eigenvalue weighted by Crippen LogP contribution is 2.30. The zero-order chi connectivity index (χ0) is 19.8. The molecule has 0 radical (unpaired) electrons. The van der Waals surface area contributed by atoms with Crippen molar-refractivity contribution in [3.8, 4) is 11.3 Å². The molecule has 4 aromatic heterocycles. The van der Waals surface area contributed by atoms with Crippen molar-refractivity contribution in [2.24, 2.45) is 7.05 Å². The molecule has 142 valence electrons. The maximum atomic E-state index is 4.63. The lowest BCUT2D eigenvalue weighted by atomic mass is 10.1. The highest BCUT2D eigenvalue weighted by Gasteiger charge is 2.21. The normalized spacial score (nSPS) is 11.4. The van der Waals surface area contributed by atoms with E-state index in [4.69, 9.17) is 0 Å². The first-order chi connectivity index (χ1) is 14.2. The Kier molecular flexibility index (Phi) is 4.13. The van der Waals surface area contributed by atoms with E-state index in [0.717, 1.165) is 39.4 Å². The third-order valence-electron chi connectivity index (χ3n) is 5.06. The van der Waals surface area contributed by atoms with Crippen molar-refractivity contribution >= 4 is 11.0 Å². The second-order valence-electron chi connectivity index (χ2n) is 6.91. The Morgan fingerprint density at radius 3 is 2.17 bits per heavy atom. The topological polar surface area (TPSA) is 74.3 Å². The van der Waals surface area contributed by atoms with Gasteiger partial charge in [-0.2, -0.15) is 0 Å². The fourth-order valence-electron chi connectivity index (χ4n) is 3.75. The lowest BCUT2D eigenvalue weighted by molar-refractivity contribution is 0.657. The van der Waals surface area contributed by atoms with E-state index in [1.54, 1.807) is 17.1 Å². The molecule has 7 heteroatoms. The van der Waals surface area contributed by atoms with Gasteiger partial charge < -0.3 is 4.57 Å². The van der Waals surface area contributed by atoms with Crippen molar-refractivity contribution in [2.45, 2.75) is 13.0 Å². The number of hydrogen-bond donors (Lipinski definition) is 0. The molecule has 0 N–H and O–H groups in total. The molecule has 0 spiro atoms. The minimum Gasteiger partial charge on any atom is -0.316 e. The number of rotatable bonds is 4. The van der Waals surface area contributed by atoms with Crippen LogP contribution >= 0.6 is 0 Å². The lowest BCUT2D eigenvalue weighted by Crippen LogP contribution is -2.14. The summed E-state index contributed by atoms with van der Waals surface area (Å²) in [6, 6.07) is 17.9. The van der Waals surface area contributed by atoms with Gasteiger partial charge in [-0.1, -0.05) is 23.4 Å². The third kappa shape index (κ3) is 2.97. The van der Waals surface area contributed by atoms with Gasteiger partial charge in [0.2, 0.25) is 0 Å². The van der Waals surface area contributed by atoms with Crippen LogP contribution in [0.1, 0.15) is 23.1 Å². The van der Waals surface area contributed by atoms with Gasteiger partial charge in [0.05, 0.1) is 40.1 Å². The average molecular weight is 381 g/mol. The molecule has 0 fully saturated rings. The monoisotopic (exact) mass is 381 g/mol. The van der Waals surface area contributed by atoms with Crippen LogP contribution in [-0.4, -0.2) is 34.5 Å². The lowest BCUT2D eigenvalue weighted by Gasteiger charge is -2.19. The standard InChI is InChI=1S/C22H19N7/c1-15-21(28(2)27-26-15)16-9-10-17-20(13-16)29(14-25-17)22(18-7-3-5-11-23-18)19-8-4-6-12-24-19/h3-14,22H,1-2H3. The van der Waals surface area contributed by atoms with Crippen LogP contribution in [0.5, 0.6) is 0 Å². The van der Waals surface area contributed by atoms with Crippen LogP contribution in [0.15, 0.2) is 73.3 Å². The van der Waals surface area contributed by atoms with E-state index >= 15 is 0 Å². The number of nitrogens with zero attached hydrogens (tertiary/aromatic N) is 7. The number of hydrogen-bond acceptors (Lipinski definition) is 5. The second kappa shape index (κ2) is 6.94. The number of aryl methyl sites for hydroxylation is 2. The molecule has 7 nitrogen and oxygen atoms in total. The molecule has 5 rings (SSSR count). The van der Waals surface area contributed by atoms with Gasteiger partial charge >= 0.3 is 0 Å². The minimum absolute atomic E-state index is 0.177. The Balaban J connectivity index is 1.73. The summed E-state index contributed by atoms with van der Waals surface area (Å²) in [5, 5.41) is 8.32. The summed E-state index contributed by atoms with van der Waals surface area (Å²) < 4.78 is 3.93. The Labute approximate surface area is 167 Å². The molecule has 0 atom stereocenters. The molecule has 0 saturated heterocycles. The van der Waals surface area contributed by atoms with Gasteiger partial charge in [-0.3, -0.25) is 9.97 Å². The number of fused-ring (bicyclic) bond motifs is 1. The summed E-state index contributed by atoms with van der Waals surface area (Å²) >= 11 is 0. The van der Waals surface area contributed by atoms with Crippen LogP contribution in [0.25, 0.3) is 22.3 Å². The fraction of sp³-hybridized carbons (Fsp3) is 0.136. The van der Waals surface area contributed by atoms with Gasteiger partial charge in [0.1, 0.15) is 6.04 Å². The summed E-state index contributed by atoms with van der Waals surface area (Å²) in [6.45, 7) is 1.97. The van der Waals surface area contributed by atoms with E-state index in [0.29, 0.717) is 0 Å². The molecule has 0 amide bonds.